The second-order valence-corrected chi connectivity index (χ2v) is 2.61. The third-order valence-electron chi connectivity index (χ3n) is 1.83. The zero-order valence-electron chi connectivity index (χ0n) is 6.85. The number of aromatic amines is 2. The first kappa shape index (κ1) is 7.85. The van der Waals surface area contributed by atoms with Crippen LogP contribution in [0.25, 0.3) is 10.9 Å². The van der Waals surface area contributed by atoms with Gasteiger partial charge in [-0.1, -0.05) is 0 Å². The Morgan fingerprint density at radius 1 is 1.38 bits per heavy atom. The Morgan fingerprint density at radius 3 is 2.85 bits per heavy atom. The minimum Gasteiger partial charge on any atom is -0.494 e. The van der Waals surface area contributed by atoms with Crippen LogP contribution in [0.1, 0.15) is 0 Å². The first-order chi connectivity index (χ1) is 6.22. The number of hydrogen-bond acceptors (Lipinski definition) is 2. The smallest absolute Gasteiger partial charge is 0.272 e. The SMILES string of the molecule is COc1cc(F)cc2c(=O)[nH][nH]c12. The van der Waals surface area contributed by atoms with Gasteiger partial charge >= 0.3 is 0 Å². The Morgan fingerprint density at radius 2 is 2.15 bits per heavy atom. The zero-order chi connectivity index (χ0) is 9.42. The molecule has 0 amide bonds. The van der Waals surface area contributed by atoms with Gasteiger partial charge in [0.05, 0.1) is 12.5 Å². The van der Waals surface area contributed by atoms with Crippen LogP contribution in [0, 0.1) is 5.82 Å². The normalized spacial score (nSPS) is 10.6. The van der Waals surface area contributed by atoms with Crippen molar-refractivity contribution in [1.82, 2.24) is 10.2 Å². The van der Waals surface area contributed by atoms with Gasteiger partial charge in [-0.3, -0.25) is 15.0 Å². The quantitative estimate of drug-likeness (QED) is 0.691. The summed E-state index contributed by atoms with van der Waals surface area (Å²) in [7, 11) is 1.42. The minimum absolute atomic E-state index is 0.261. The number of rotatable bonds is 1. The monoisotopic (exact) mass is 182 g/mol. The molecule has 2 N–H and O–H groups in total. The Kier molecular flexibility index (Phi) is 1.58. The number of halogens is 1. The van der Waals surface area contributed by atoms with Crippen molar-refractivity contribution in [3.8, 4) is 5.75 Å². The molecule has 0 bridgehead atoms. The molecule has 1 aromatic heterocycles. The van der Waals surface area contributed by atoms with E-state index in [2.05, 4.69) is 10.2 Å². The number of methoxy groups -OCH3 is 1. The maximum atomic E-state index is 12.9. The summed E-state index contributed by atoms with van der Waals surface area (Å²) in [6, 6.07) is 2.37. The van der Waals surface area contributed by atoms with Crippen molar-refractivity contribution in [2.45, 2.75) is 0 Å². The highest BCUT2D eigenvalue weighted by atomic mass is 19.1. The predicted molar refractivity (Wildman–Crippen MR) is 45.4 cm³/mol. The third kappa shape index (κ3) is 1.09. The summed E-state index contributed by atoms with van der Waals surface area (Å²) in [4.78, 5) is 11.1. The highest BCUT2D eigenvalue weighted by Crippen LogP contribution is 2.22. The lowest BCUT2D eigenvalue weighted by atomic mass is 10.2. The Labute approximate surface area is 72.3 Å². The lowest BCUT2D eigenvalue weighted by Crippen LogP contribution is -1.97. The number of nitrogens with one attached hydrogen (secondary N) is 2. The topological polar surface area (TPSA) is 57.9 Å². The molecule has 0 atom stereocenters. The Hall–Kier alpha value is -1.78. The fourth-order valence-electron chi connectivity index (χ4n) is 1.24. The third-order valence-corrected chi connectivity index (χ3v) is 1.83. The molecule has 1 aromatic carbocycles. The lowest BCUT2D eigenvalue weighted by Gasteiger charge is -1.99. The van der Waals surface area contributed by atoms with Crippen molar-refractivity contribution in [3.05, 3.63) is 28.3 Å². The molecule has 0 aliphatic carbocycles. The van der Waals surface area contributed by atoms with E-state index < -0.39 is 5.82 Å². The van der Waals surface area contributed by atoms with Gasteiger partial charge in [0, 0.05) is 6.07 Å². The maximum absolute atomic E-state index is 12.9. The molecular weight excluding hydrogens is 175 g/mol. The molecule has 13 heavy (non-hydrogen) atoms. The molecule has 0 radical (unpaired) electrons. The Bertz CT molecular complexity index is 500. The van der Waals surface area contributed by atoms with Crippen LogP contribution in [0.15, 0.2) is 16.9 Å². The molecule has 0 aliphatic heterocycles. The number of hydrogen-bond donors (Lipinski definition) is 2. The minimum atomic E-state index is -0.491. The molecule has 0 aliphatic rings. The maximum Gasteiger partial charge on any atom is 0.272 e. The summed E-state index contributed by atoms with van der Waals surface area (Å²) in [5.74, 6) is -0.178. The number of benzene rings is 1. The van der Waals surface area contributed by atoms with Crippen LogP contribution >= 0.6 is 0 Å². The highest BCUT2D eigenvalue weighted by Gasteiger charge is 2.08. The average molecular weight is 182 g/mol. The van der Waals surface area contributed by atoms with Crippen molar-refractivity contribution < 1.29 is 9.13 Å². The molecule has 68 valence electrons. The van der Waals surface area contributed by atoms with Gasteiger partial charge in [0.25, 0.3) is 5.56 Å². The first-order valence-electron chi connectivity index (χ1n) is 3.66. The van der Waals surface area contributed by atoms with Gasteiger partial charge in [0.1, 0.15) is 17.1 Å². The van der Waals surface area contributed by atoms with E-state index in [0.717, 1.165) is 6.07 Å². The van der Waals surface area contributed by atoms with Crippen molar-refractivity contribution in [2.24, 2.45) is 0 Å². The van der Waals surface area contributed by atoms with Crippen LogP contribution < -0.4 is 10.3 Å². The summed E-state index contributed by atoms with van der Waals surface area (Å²) < 4.78 is 17.8. The summed E-state index contributed by atoms with van der Waals surface area (Å²) in [6.45, 7) is 0. The summed E-state index contributed by atoms with van der Waals surface area (Å²) in [5.41, 5.74) is 0.127. The number of aromatic nitrogens is 2. The fourth-order valence-corrected chi connectivity index (χ4v) is 1.24. The zero-order valence-corrected chi connectivity index (χ0v) is 6.85. The summed E-state index contributed by atoms with van der Waals surface area (Å²) in [5, 5.41) is 5.22. The highest BCUT2D eigenvalue weighted by molar-refractivity contribution is 5.83. The van der Waals surface area contributed by atoms with Gasteiger partial charge in [-0.05, 0) is 6.07 Å². The largest absolute Gasteiger partial charge is 0.494 e. The second kappa shape index (κ2) is 2.62. The van der Waals surface area contributed by atoms with E-state index in [1.165, 1.54) is 13.2 Å². The van der Waals surface area contributed by atoms with Crippen LogP contribution in [0.4, 0.5) is 4.39 Å². The molecule has 0 unspecified atom stereocenters. The van der Waals surface area contributed by atoms with E-state index in [1.807, 2.05) is 0 Å². The van der Waals surface area contributed by atoms with Crippen molar-refractivity contribution in [2.75, 3.05) is 7.11 Å². The van der Waals surface area contributed by atoms with Crippen LogP contribution in [-0.2, 0) is 0 Å². The molecule has 0 saturated heterocycles. The van der Waals surface area contributed by atoms with E-state index in [9.17, 15) is 9.18 Å². The van der Waals surface area contributed by atoms with Gasteiger partial charge in [-0.25, -0.2) is 4.39 Å². The molecule has 2 aromatic rings. The molecule has 5 heteroatoms. The molecule has 0 spiro atoms. The van der Waals surface area contributed by atoms with Gasteiger partial charge in [-0.15, -0.1) is 0 Å². The van der Waals surface area contributed by atoms with Crippen LogP contribution in [-0.4, -0.2) is 17.3 Å². The van der Waals surface area contributed by atoms with E-state index >= 15 is 0 Å². The van der Waals surface area contributed by atoms with Crippen molar-refractivity contribution in [3.63, 3.8) is 0 Å². The van der Waals surface area contributed by atoms with Crippen LogP contribution in [0.2, 0.25) is 0 Å². The number of H-pyrrole nitrogens is 2. The number of ether oxygens (including phenoxy) is 1. The second-order valence-electron chi connectivity index (χ2n) is 2.61. The fraction of sp³-hybridized carbons (Fsp3) is 0.125. The molecule has 2 rings (SSSR count). The molecule has 0 saturated carbocycles. The summed E-state index contributed by atoms with van der Waals surface area (Å²) >= 11 is 0. The summed E-state index contributed by atoms with van der Waals surface area (Å²) in [6.07, 6.45) is 0. The molecule has 0 fully saturated rings. The predicted octanol–water partition coefficient (Wildman–Crippen LogP) is 1.00. The van der Waals surface area contributed by atoms with Gasteiger partial charge in [-0.2, -0.15) is 0 Å². The van der Waals surface area contributed by atoms with Crippen LogP contribution in [0.5, 0.6) is 5.75 Å². The molecule has 1 heterocycles. The molecule has 4 nitrogen and oxygen atoms in total. The van der Waals surface area contributed by atoms with E-state index in [1.54, 1.807) is 0 Å². The number of fused-ring (bicyclic) bond motifs is 1. The van der Waals surface area contributed by atoms with E-state index in [0.29, 0.717) is 11.3 Å². The Balaban J connectivity index is 2.92. The average Bonchev–Trinajstić information content (AvgIpc) is 2.47. The van der Waals surface area contributed by atoms with E-state index in [-0.39, 0.29) is 10.9 Å². The van der Waals surface area contributed by atoms with Crippen LogP contribution in [0.3, 0.4) is 0 Å². The lowest BCUT2D eigenvalue weighted by molar-refractivity contribution is 0.415. The van der Waals surface area contributed by atoms with E-state index in [4.69, 9.17) is 4.74 Å². The van der Waals surface area contributed by atoms with Gasteiger partial charge in [0.15, 0.2) is 0 Å². The standard InChI is InChI=1S/C8H7FN2O2/c1-13-6-3-4(9)2-5-7(6)10-11-8(5)12/h2-3H,1H3,(H2,10,11,12). The van der Waals surface area contributed by atoms with Gasteiger partial charge in [0.2, 0.25) is 0 Å². The van der Waals surface area contributed by atoms with Crippen molar-refractivity contribution >= 4 is 10.9 Å². The first-order valence-corrected chi connectivity index (χ1v) is 3.66. The van der Waals surface area contributed by atoms with Crippen molar-refractivity contribution in [1.29, 1.82) is 0 Å². The molecular formula is C8H7FN2O2. The van der Waals surface area contributed by atoms with Gasteiger partial charge < -0.3 is 4.74 Å².